The van der Waals surface area contributed by atoms with E-state index in [1.807, 2.05) is 6.92 Å². The van der Waals surface area contributed by atoms with Gasteiger partial charge in [-0.3, -0.25) is 4.79 Å². The van der Waals surface area contributed by atoms with E-state index in [4.69, 9.17) is 30.9 Å². The summed E-state index contributed by atoms with van der Waals surface area (Å²) in [6.07, 6.45) is 3.82. The number of nitrogens with one attached hydrogen (secondary N) is 1. The fourth-order valence-electron chi connectivity index (χ4n) is 2.45. The van der Waals surface area contributed by atoms with Crippen LogP contribution < -0.4 is 19.5 Å². The number of hydrogen-bond donors (Lipinski definition) is 2. The van der Waals surface area contributed by atoms with Crippen LogP contribution in [-0.2, 0) is 4.79 Å². The number of carboxylic acid groups (broad SMARTS) is 1. The average Bonchev–Trinajstić information content (AvgIpc) is 2.71. The summed E-state index contributed by atoms with van der Waals surface area (Å²) in [6.45, 7) is 2.60. The van der Waals surface area contributed by atoms with Gasteiger partial charge in [0.2, 0.25) is 5.91 Å². The topological polar surface area (TPSA) is 94.1 Å². The first-order valence-corrected chi connectivity index (χ1v) is 9.18. The molecule has 0 aliphatic heterocycles. The van der Waals surface area contributed by atoms with Crippen LogP contribution in [0, 0.1) is 0 Å². The van der Waals surface area contributed by atoms with Gasteiger partial charge in [-0.1, -0.05) is 24.6 Å². The van der Waals surface area contributed by atoms with Crippen molar-refractivity contribution in [2.75, 3.05) is 26.1 Å². The lowest BCUT2D eigenvalue weighted by atomic mass is 10.1. The fraction of sp³-hybridized carbons (Fsp3) is 0.238. The number of methoxy groups -OCH3 is 2. The summed E-state index contributed by atoms with van der Waals surface area (Å²) in [7, 11) is 2.88. The number of anilines is 1. The maximum Gasteiger partial charge on any atom is 0.339 e. The van der Waals surface area contributed by atoms with Crippen LogP contribution in [0.25, 0.3) is 6.08 Å². The predicted octanol–water partition coefficient (Wildman–Crippen LogP) is 4.50. The number of halogens is 1. The summed E-state index contributed by atoms with van der Waals surface area (Å²) in [5, 5.41) is 11.8. The van der Waals surface area contributed by atoms with Crippen LogP contribution in [0.1, 0.15) is 29.3 Å². The van der Waals surface area contributed by atoms with Gasteiger partial charge in [0.15, 0.2) is 11.5 Å². The summed E-state index contributed by atoms with van der Waals surface area (Å²) >= 11 is 6.07. The Kier molecular flexibility index (Phi) is 7.91. The van der Waals surface area contributed by atoms with Crippen molar-refractivity contribution in [2.24, 2.45) is 0 Å². The maximum absolute atomic E-state index is 12.2. The van der Waals surface area contributed by atoms with E-state index in [1.54, 1.807) is 31.4 Å². The molecule has 0 bridgehead atoms. The Morgan fingerprint density at radius 1 is 1.10 bits per heavy atom. The molecule has 0 saturated heterocycles. The zero-order chi connectivity index (χ0) is 21.4. The van der Waals surface area contributed by atoms with Gasteiger partial charge in [0, 0.05) is 12.1 Å². The predicted molar refractivity (Wildman–Crippen MR) is 111 cm³/mol. The number of ether oxygens (including phenoxy) is 3. The van der Waals surface area contributed by atoms with E-state index in [-0.39, 0.29) is 22.0 Å². The summed E-state index contributed by atoms with van der Waals surface area (Å²) in [6, 6.07) is 7.92. The van der Waals surface area contributed by atoms with Crippen molar-refractivity contribution >= 4 is 35.2 Å². The Hall–Kier alpha value is -3.19. The third kappa shape index (κ3) is 5.89. The molecule has 0 aromatic heterocycles. The highest BCUT2D eigenvalue weighted by Gasteiger charge is 2.15. The Bertz CT molecular complexity index is 926. The van der Waals surface area contributed by atoms with Crippen LogP contribution in [0.2, 0.25) is 5.02 Å². The van der Waals surface area contributed by atoms with Crippen LogP contribution in [0.4, 0.5) is 5.69 Å². The molecule has 2 aromatic rings. The van der Waals surface area contributed by atoms with Crippen molar-refractivity contribution < 1.29 is 28.9 Å². The summed E-state index contributed by atoms with van der Waals surface area (Å²) in [4.78, 5) is 23.5. The van der Waals surface area contributed by atoms with Gasteiger partial charge in [0.1, 0.15) is 11.3 Å². The zero-order valence-electron chi connectivity index (χ0n) is 16.3. The molecule has 0 atom stereocenters. The molecule has 154 valence electrons. The molecule has 8 heteroatoms. The third-order valence-electron chi connectivity index (χ3n) is 3.85. The smallest absolute Gasteiger partial charge is 0.339 e. The largest absolute Gasteiger partial charge is 0.496 e. The van der Waals surface area contributed by atoms with E-state index in [2.05, 4.69) is 5.32 Å². The normalized spacial score (nSPS) is 10.6. The van der Waals surface area contributed by atoms with Crippen LogP contribution in [0.5, 0.6) is 17.2 Å². The average molecular weight is 420 g/mol. The number of hydrogen-bond acceptors (Lipinski definition) is 5. The van der Waals surface area contributed by atoms with Crippen molar-refractivity contribution in [1.82, 2.24) is 0 Å². The van der Waals surface area contributed by atoms with Crippen LogP contribution >= 0.6 is 11.6 Å². The number of carboxylic acids is 1. The van der Waals surface area contributed by atoms with E-state index in [1.165, 1.54) is 25.3 Å². The molecule has 1 amide bonds. The Morgan fingerprint density at radius 3 is 2.45 bits per heavy atom. The van der Waals surface area contributed by atoms with E-state index in [9.17, 15) is 9.59 Å². The molecule has 2 N–H and O–H groups in total. The van der Waals surface area contributed by atoms with Gasteiger partial charge < -0.3 is 24.6 Å². The van der Waals surface area contributed by atoms with E-state index in [0.717, 1.165) is 12.0 Å². The minimum atomic E-state index is -1.18. The minimum absolute atomic E-state index is 0.0871. The van der Waals surface area contributed by atoms with Gasteiger partial charge in [-0.05, 0) is 36.3 Å². The lowest BCUT2D eigenvalue weighted by Gasteiger charge is -2.11. The molecule has 7 nitrogen and oxygen atoms in total. The second-order valence-corrected chi connectivity index (χ2v) is 6.33. The van der Waals surface area contributed by atoms with Gasteiger partial charge >= 0.3 is 5.97 Å². The molecule has 0 aliphatic rings. The minimum Gasteiger partial charge on any atom is -0.496 e. The highest BCUT2D eigenvalue weighted by molar-refractivity contribution is 6.34. The van der Waals surface area contributed by atoms with Crippen molar-refractivity contribution in [3.63, 3.8) is 0 Å². The number of amides is 1. The second-order valence-electron chi connectivity index (χ2n) is 5.92. The molecule has 0 fully saturated rings. The third-order valence-corrected chi connectivity index (χ3v) is 4.17. The number of rotatable bonds is 9. The molecule has 0 spiro atoms. The molecule has 0 radical (unpaired) electrons. The fourth-order valence-corrected chi connectivity index (χ4v) is 2.66. The first-order chi connectivity index (χ1) is 13.9. The van der Waals surface area contributed by atoms with Crippen molar-refractivity contribution in [2.45, 2.75) is 13.3 Å². The van der Waals surface area contributed by atoms with Crippen LogP contribution in [0.3, 0.4) is 0 Å². The van der Waals surface area contributed by atoms with Crippen molar-refractivity contribution in [1.29, 1.82) is 0 Å². The highest BCUT2D eigenvalue weighted by Crippen LogP contribution is 2.31. The summed E-state index contributed by atoms with van der Waals surface area (Å²) < 4.78 is 16.0. The number of aromatic carboxylic acids is 1. The second kappa shape index (κ2) is 10.4. The molecule has 2 rings (SSSR count). The zero-order valence-corrected chi connectivity index (χ0v) is 17.1. The van der Waals surface area contributed by atoms with Gasteiger partial charge in [-0.2, -0.15) is 0 Å². The van der Waals surface area contributed by atoms with Crippen LogP contribution in [0.15, 0.2) is 36.4 Å². The van der Waals surface area contributed by atoms with Crippen molar-refractivity contribution in [3.8, 4) is 17.2 Å². The number of carbonyl (C=O) groups is 2. The Balaban J connectivity index is 2.15. The van der Waals surface area contributed by atoms with Gasteiger partial charge in [0.25, 0.3) is 0 Å². The van der Waals surface area contributed by atoms with E-state index >= 15 is 0 Å². The standard InChI is InChI=1S/C21H22ClNO6/c1-4-9-29-17-7-5-13(10-19(17)28-3)6-8-20(24)23-16-12-18(27-2)14(21(25)26)11-15(16)22/h5-8,10-12H,4,9H2,1-3H3,(H,23,24)(H,25,26)/b8-6+. The van der Waals surface area contributed by atoms with E-state index in [0.29, 0.717) is 18.1 Å². The molecular weight excluding hydrogens is 398 g/mol. The van der Waals surface area contributed by atoms with Gasteiger partial charge in [-0.25, -0.2) is 4.79 Å². The quantitative estimate of drug-likeness (QED) is 0.581. The Morgan fingerprint density at radius 2 is 1.83 bits per heavy atom. The monoisotopic (exact) mass is 419 g/mol. The highest BCUT2D eigenvalue weighted by atomic mass is 35.5. The first-order valence-electron chi connectivity index (χ1n) is 8.80. The SMILES string of the molecule is CCCOc1ccc(/C=C/C(=O)Nc2cc(OC)c(C(=O)O)cc2Cl)cc1OC. The summed E-state index contributed by atoms with van der Waals surface area (Å²) in [5.74, 6) is -0.330. The lowest BCUT2D eigenvalue weighted by molar-refractivity contribution is -0.111. The molecule has 0 heterocycles. The van der Waals surface area contributed by atoms with Crippen molar-refractivity contribution in [3.05, 3.63) is 52.6 Å². The van der Waals surface area contributed by atoms with Gasteiger partial charge in [-0.15, -0.1) is 0 Å². The Labute approximate surface area is 173 Å². The number of carbonyl (C=O) groups excluding carboxylic acids is 1. The summed E-state index contributed by atoms with van der Waals surface area (Å²) in [5.41, 5.74) is 0.887. The van der Waals surface area contributed by atoms with E-state index < -0.39 is 11.9 Å². The molecule has 0 saturated carbocycles. The maximum atomic E-state index is 12.2. The molecule has 0 aliphatic carbocycles. The molecule has 29 heavy (non-hydrogen) atoms. The number of benzene rings is 2. The molecular formula is C21H22ClNO6. The first kappa shape index (κ1) is 22.1. The lowest BCUT2D eigenvalue weighted by Crippen LogP contribution is -2.09. The molecule has 0 unspecified atom stereocenters. The molecule has 2 aromatic carbocycles. The van der Waals surface area contributed by atoms with Gasteiger partial charge in [0.05, 0.1) is 31.5 Å². The van der Waals surface area contributed by atoms with Crippen LogP contribution in [-0.4, -0.2) is 37.8 Å².